The highest BCUT2D eigenvalue weighted by Crippen LogP contribution is 2.39. The number of carbonyl (C=O) groups excluding carboxylic acids is 1. The molecule has 132 valence electrons. The second-order valence-electron chi connectivity index (χ2n) is 6.85. The highest BCUT2D eigenvalue weighted by Gasteiger charge is 2.34. The highest BCUT2D eigenvalue weighted by atomic mass is 16.5. The summed E-state index contributed by atoms with van der Waals surface area (Å²) in [5.74, 6) is 3.47. The molecular weight excluding hydrogens is 316 g/mol. The van der Waals surface area contributed by atoms with Crippen molar-refractivity contribution in [2.75, 3.05) is 13.2 Å². The number of benzene rings is 1. The summed E-state index contributed by atoms with van der Waals surface area (Å²) < 4.78 is 7.65. The lowest BCUT2D eigenvalue weighted by Gasteiger charge is -2.33. The van der Waals surface area contributed by atoms with Crippen molar-refractivity contribution >= 4 is 5.91 Å². The fraction of sp³-hybridized carbons (Fsp3) is 0.526. The third-order valence-electron chi connectivity index (χ3n) is 4.92. The normalized spacial score (nSPS) is 19.6. The largest absolute Gasteiger partial charge is 0.494 e. The number of ether oxygens (including phenoxy) is 1. The van der Waals surface area contributed by atoms with E-state index in [1.165, 1.54) is 12.8 Å². The topological polar surface area (TPSA) is 60.2 Å². The van der Waals surface area contributed by atoms with Gasteiger partial charge in [0.05, 0.1) is 19.2 Å². The number of nitrogens with zero attached hydrogens (tertiary/aromatic N) is 4. The fourth-order valence-corrected chi connectivity index (χ4v) is 3.31. The Morgan fingerprint density at radius 1 is 1.24 bits per heavy atom. The Morgan fingerprint density at radius 3 is 2.80 bits per heavy atom. The van der Waals surface area contributed by atoms with Crippen molar-refractivity contribution in [3.8, 4) is 5.75 Å². The van der Waals surface area contributed by atoms with Gasteiger partial charge in [-0.3, -0.25) is 4.79 Å². The molecule has 1 fully saturated rings. The number of para-hydroxylation sites is 1. The molecule has 6 nitrogen and oxygen atoms in total. The van der Waals surface area contributed by atoms with Crippen LogP contribution in [0.2, 0.25) is 0 Å². The minimum Gasteiger partial charge on any atom is -0.494 e. The van der Waals surface area contributed by atoms with Crippen LogP contribution in [0.25, 0.3) is 0 Å². The minimum absolute atomic E-state index is 0.00343. The fourth-order valence-electron chi connectivity index (χ4n) is 3.31. The Kier molecular flexibility index (Phi) is 4.42. The van der Waals surface area contributed by atoms with Crippen LogP contribution >= 0.6 is 0 Å². The maximum atomic E-state index is 12.6. The summed E-state index contributed by atoms with van der Waals surface area (Å²) in [5.41, 5.74) is 0. The van der Waals surface area contributed by atoms with Crippen LogP contribution < -0.4 is 4.74 Å². The van der Waals surface area contributed by atoms with Crippen molar-refractivity contribution in [1.82, 2.24) is 19.7 Å². The second kappa shape index (κ2) is 6.86. The predicted molar refractivity (Wildman–Crippen MR) is 93.3 cm³/mol. The summed E-state index contributed by atoms with van der Waals surface area (Å²) >= 11 is 0. The van der Waals surface area contributed by atoms with Gasteiger partial charge in [0.15, 0.2) is 5.82 Å². The molecule has 25 heavy (non-hydrogen) atoms. The van der Waals surface area contributed by atoms with E-state index in [9.17, 15) is 4.79 Å². The first-order valence-corrected chi connectivity index (χ1v) is 9.14. The van der Waals surface area contributed by atoms with E-state index in [1.54, 1.807) is 0 Å². The van der Waals surface area contributed by atoms with E-state index in [-0.39, 0.29) is 11.9 Å². The van der Waals surface area contributed by atoms with Gasteiger partial charge in [-0.2, -0.15) is 5.10 Å². The lowest BCUT2D eigenvalue weighted by molar-refractivity contribution is -0.134. The molecule has 1 aromatic heterocycles. The number of hydrogen-bond acceptors (Lipinski definition) is 4. The number of hydrogen-bond donors (Lipinski definition) is 0. The number of rotatable bonds is 6. The van der Waals surface area contributed by atoms with Gasteiger partial charge in [-0.25, -0.2) is 9.67 Å². The molecule has 1 saturated carbocycles. The molecule has 0 N–H and O–H groups in total. The zero-order chi connectivity index (χ0) is 17.2. The molecule has 1 aliphatic heterocycles. The molecule has 0 spiro atoms. The Hall–Kier alpha value is -2.37. The van der Waals surface area contributed by atoms with Crippen molar-refractivity contribution in [2.24, 2.45) is 0 Å². The third kappa shape index (κ3) is 3.52. The zero-order valence-electron chi connectivity index (χ0n) is 14.6. The van der Waals surface area contributed by atoms with Crippen LogP contribution in [-0.4, -0.2) is 38.7 Å². The number of carbonyl (C=O) groups is 1. The summed E-state index contributed by atoms with van der Waals surface area (Å²) in [6, 6.07) is 9.71. The standard InChI is InChI=1S/C19H24N4O2/c1-14-19-20-18(15-9-10-15)21-23(19)12-11-22(14)17(24)8-5-13-25-16-6-3-2-4-7-16/h2-4,6-7,14-15H,5,8-13H2,1H3/t14-/m1/s1. The van der Waals surface area contributed by atoms with Crippen LogP contribution in [-0.2, 0) is 11.3 Å². The maximum absolute atomic E-state index is 12.6. The predicted octanol–water partition coefficient (Wildman–Crippen LogP) is 2.92. The van der Waals surface area contributed by atoms with Gasteiger partial charge >= 0.3 is 0 Å². The molecule has 6 heteroatoms. The quantitative estimate of drug-likeness (QED) is 0.759. The monoisotopic (exact) mass is 340 g/mol. The van der Waals surface area contributed by atoms with Crippen LogP contribution in [0.4, 0.5) is 0 Å². The van der Waals surface area contributed by atoms with E-state index in [0.29, 0.717) is 25.5 Å². The molecule has 2 heterocycles. The molecule has 4 rings (SSSR count). The van der Waals surface area contributed by atoms with E-state index in [2.05, 4.69) is 12.0 Å². The van der Waals surface area contributed by atoms with E-state index >= 15 is 0 Å². The molecule has 0 radical (unpaired) electrons. The molecule has 0 unspecified atom stereocenters. The average Bonchev–Trinajstić information content (AvgIpc) is 3.39. The van der Waals surface area contributed by atoms with Crippen molar-refractivity contribution in [3.05, 3.63) is 42.0 Å². The van der Waals surface area contributed by atoms with Gasteiger partial charge in [-0.15, -0.1) is 0 Å². The molecule has 1 aliphatic carbocycles. The van der Waals surface area contributed by atoms with Gasteiger partial charge in [-0.1, -0.05) is 18.2 Å². The lowest BCUT2D eigenvalue weighted by Crippen LogP contribution is -2.41. The molecule has 0 saturated heterocycles. The van der Waals surface area contributed by atoms with Crippen LogP contribution in [0.3, 0.4) is 0 Å². The van der Waals surface area contributed by atoms with Crippen LogP contribution in [0.15, 0.2) is 30.3 Å². The molecule has 2 aromatic rings. The molecule has 1 aromatic carbocycles. The van der Waals surface area contributed by atoms with Crippen molar-refractivity contribution in [1.29, 1.82) is 0 Å². The minimum atomic E-state index is -0.00343. The Bertz CT molecular complexity index is 739. The first kappa shape index (κ1) is 16.1. The van der Waals surface area contributed by atoms with Gasteiger partial charge in [0.1, 0.15) is 11.6 Å². The first-order chi connectivity index (χ1) is 12.2. The van der Waals surface area contributed by atoms with E-state index < -0.39 is 0 Å². The van der Waals surface area contributed by atoms with Gasteiger partial charge in [0, 0.05) is 18.9 Å². The maximum Gasteiger partial charge on any atom is 0.223 e. The van der Waals surface area contributed by atoms with Crippen LogP contribution in [0.1, 0.15) is 56.2 Å². The first-order valence-electron chi connectivity index (χ1n) is 9.14. The van der Waals surface area contributed by atoms with Crippen molar-refractivity contribution < 1.29 is 9.53 Å². The van der Waals surface area contributed by atoms with Crippen molar-refractivity contribution in [3.63, 3.8) is 0 Å². The summed E-state index contributed by atoms with van der Waals surface area (Å²) in [4.78, 5) is 19.2. The molecule has 2 aliphatic rings. The van der Waals surface area contributed by atoms with E-state index in [0.717, 1.165) is 30.4 Å². The molecule has 1 amide bonds. The average molecular weight is 340 g/mol. The van der Waals surface area contributed by atoms with Crippen molar-refractivity contribution in [2.45, 2.75) is 51.1 Å². The third-order valence-corrected chi connectivity index (χ3v) is 4.92. The second-order valence-corrected chi connectivity index (χ2v) is 6.85. The Labute approximate surface area is 147 Å². The van der Waals surface area contributed by atoms with Gasteiger partial charge < -0.3 is 9.64 Å². The highest BCUT2D eigenvalue weighted by molar-refractivity contribution is 5.76. The smallest absolute Gasteiger partial charge is 0.223 e. The number of amides is 1. The van der Waals surface area contributed by atoms with Gasteiger partial charge in [0.2, 0.25) is 5.91 Å². The molecule has 0 bridgehead atoms. The van der Waals surface area contributed by atoms with Gasteiger partial charge in [0.25, 0.3) is 0 Å². The zero-order valence-corrected chi connectivity index (χ0v) is 14.6. The SMILES string of the molecule is C[C@@H]1c2nc(C3CC3)nn2CCN1C(=O)CCCOc1ccccc1. The van der Waals surface area contributed by atoms with Gasteiger partial charge in [-0.05, 0) is 38.3 Å². The molecular formula is C19H24N4O2. The van der Waals surface area contributed by atoms with Crippen LogP contribution in [0, 0.1) is 0 Å². The lowest BCUT2D eigenvalue weighted by atomic mass is 10.2. The number of fused-ring (bicyclic) bond motifs is 1. The van der Waals surface area contributed by atoms with Crippen LogP contribution in [0.5, 0.6) is 5.75 Å². The van der Waals surface area contributed by atoms with E-state index in [1.807, 2.05) is 39.9 Å². The molecule has 1 atom stereocenters. The van der Waals surface area contributed by atoms with E-state index in [4.69, 9.17) is 9.72 Å². The summed E-state index contributed by atoms with van der Waals surface area (Å²) in [6.07, 6.45) is 3.61. The Morgan fingerprint density at radius 2 is 2.04 bits per heavy atom. The number of aromatic nitrogens is 3. The Balaban J connectivity index is 1.30. The summed E-state index contributed by atoms with van der Waals surface area (Å²) in [7, 11) is 0. The summed E-state index contributed by atoms with van der Waals surface area (Å²) in [5, 5.41) is 4.61. The summed E-state index contributed by atoms with van der Waals surface area (Å²) in [6.45, 7) is 4.06.